The number of hydrogen-bond acceptors (Lipinski definition) is 6. The molecule has 1 saturated heterocycles. The summed E-state index contributed by atoms with van der Waals surface area (Å²) in [6, 6.07) is 11.4. The normalized spacial score (nSPS) is 16.5. The molecule has 1 unspecified atom stereocenters. The SMILES string of the molecule is O=C(Nc1ccc(-c2cn3cccnc3n2)cc1)C1CCCN(c2ncccn2)C1. The monoisotopic (exact) mass is 399 g/mol. The topological polar surface area (TPSA) is 88.3 Å². The van der Waals surface area contributed by atoms with Crippen LogP contribution in [0.2, 0.25) is 0 Å². The smallest absolute Gasteiger partial charge is 0.234 e. The summed E-state index contributed by atoms with van der Waals surface area (Å²) < 4.78 is 1.89. The Balaban J connectivity index is 1.26. The molecule has 8 heteroatoms. The van der Waals surface area contributed by atoms with E-state index >= 15 is 0 Å². The Morgan fingerprint density at radius 1 is 1.03 bits per heavy atom. The zero-order chi connectivity index (χ0) is 20.3. The van der Waals surface area contributed by atoms with Gasteiger partial charge in [0.15, 0.2) is 0 Å². The summed E-state index contributed by atoms with van der Waals surface area (Å²) in [4.78, 5) is 32.3. The van der Waals surface area contributed by atoms with E-state index in [0.29, 0.717) is 18.3 Å². The van der Waals surface area contributed by atoms with Gasteiger partial charge in [-0.15, -0.1) is 0 Å². The summed E-state index contributed by atoms with van der Waals surface area (Å²) in [7, 11) is 0. The molecule has 150 valence electrons. The Morgan fingerprint density at radius 3 is 2.63 bits per heavy atom. The van der Waals surface area contributed by atoms with E-state index in [-0.39, 0.29) is 11.8 Å². The average Bonchev–Trinajstić information content (AvgIpc) is 3.24. The summed E-state index contributed by atoms with van der Waals surface area (Å²) in [6.45, 7) is 1.50. The van der Waals surface area contributed by atoms with Crippen molar-refractivity contribution in [1.82, 2.24) is 24.3 Å². The second kappa shape index (κ2) is 7.90. The first kappa shape index (κ1) is 18.2. The first-order chi connectivity index (χ1) is 14.8. The molecule has 8 nitrogen and oxygen atoms in total. The van der Waals surface area contributed by atoms with Gasteiger partial charge in [0.2, 0.25) is 17.6 Å². The van der Waals surface area contributed by atoms with Crippen LogP contribution in [0.5, 0.6) is 0 Å². The Labute approximate surface area is 173 Å². The third kappa shape index (κ3) is 3.71. The van der Waals surface area contributed by atoms with Gasteiger partial charge in [0.05, 0.1) is 11.6 Å². The number of benzene rings is 1. The second-order valence-corrected chi connectivity index (χ2v) is 7.35. The van der Waals surface area contributed by atoms with E-state index in [2.05, 4.69) is 30.2 Å². The molecule has 1 aliphatic rings. The van der Waals surface area contributed by atoms with Gasteiger partial charge >= 0.3 is 0 Å². The van der Waals surface area contributed by atoms with Crippen LogP contribution in [0.25, 0.3) is 17.0 Å². The second-order valence-electron chi connectivity index (χ2n) is 7.35. The summed E-state index contributed by atoms with van der Waals surface area (Å²) >= 11 is 0. The van der Waals surface area contributed by atoms with E-state index in [1.54, 1.807) is 24.7 Å². The lowest BCUT2D eigenvalue weighted by molar-refractivity contribution is -0.120. The number of piperidine rings is 1. The van der Waals surface area contributed by atoms with E-state index in [1.165, 1.54) is 0 Å². The van der Waals surface area contributed by atoms with Gasteiger partial charge in [0.25, 0.3) is 0 Å². The quantitative estimate of drug-likeness (QED) is 0.567. The molecule has 0 saturated carbocycles. The molecule has 1 aliphatic heterocycles. The van der Waals surface area contributed by atoms with E-state index < -0.39 is 0 Å². The highest BCUT2D eigenvalue weighted by Gasteiger charge is 2.27. The third-order valence-corrected chi connectivity index (χ3v) is 5.31. The lowest BCUT2D eigenvalue weighted by atomic mass is 9.97. The van der Waals surface area contributed by atoms with Crippen LogP contribution in [0.15, 0.2) is 67.4 Å². The zero-order valence-corrected chi connectivity index (χ0v) is 16.3. The molecule has 0 aliphatic carbocycles. The van der Waals surface area contributed by atoms with Gasteiger partial charge in [-0.1, -0.05) is 12.1 Å². The van der Waals surface area contributed by atoms with Crippen LogP contribution in [0, 0.1) is 5.92 Å². The molecule has 1 atom stereocenters. The van der Waals surface area contributed by atoms with Gasteiger partial charge in [0.1, 0.15) is 0 Å². The molecule has 4 heterocycles. The highest BCUT2D eigenvalue weighted by atomic mass is 16.1. The summed E-state index contributed by atoms with van der Waals surface area (Å²) in [5.41, 5.74) is 2.60. The van der Waals surface area contributed by atoms with Crippen LogP contribution in [-0.4, -0.2) is 43.3 Å². The van der Waals surface area contributed by atoms with Crippen LogP contribution in [0.4, 0.5) is 11.6 Å². The summed E-state index contributed by atoms with van der Waals surface area (Å²) in [5, 5.41) is 3.04. The Kier molecular flexibility index (Phi) is 4.80. The van der Waals surface area contributed by atoms with Gasteiger partial charge in [-0.05, 0) is 37.1 Å². The lowest BCUT2D eigenvalue weighted by Gasteiger charge is -2.31. The molecule has 1 amide bonds. The highest BCUT2D eigenvalue weighted by Crippen LogP contribution is 2.24. The predicted molar refractivity (Wildman–Crippen MR) is 114 cm³/mol. The number of carbonyl (C=O) groups is 1. The molecular formula is C22H21N7O. The van der Waals surface area contributed by atoms with Crippen molar-refractivity contribution in [2.75, 3.05) is 23.3 Å². The minimum Gasteiger partial charge on any atom is -0.340 e. The molecule has 0 bridgehead atoms. The standard InChI is InChI=1S/C22H21N7O/c30-20(17-4-1-12-28(14-17)21-23-9-2-10-24-21)26-18-7-5-16(6-8-18)19-15-29-13-3-11-25-22(29)27-19/h2-3,5-11,13,15,17H,1,4,12,14H2,(H,26,30). The van der Waals surface area contributed by atoms with Gasteiger partial charge in [0, 0.05) is 55.3 Å². The van der Waals surface area contributed by atoms with Crippen molar-refractivity contribution < 1.29 is 4.79 Å². The fourth-order valence-corrected chi connectivity index (χ4v) is 3.77. The van der Waals surface area contributed by atoms with Gasteiger partial charge in [-0.2, -0.15) is 0 Å². The third-order valence-electron chi connectivity index (χ3n) is 5.31. The maximum Gasteiger partial charge on any atom is 0.234 e. The zero-order valence-electron chi connectivity index (χ0n) is 16.3. The number of nitrogens with one attached hydrogen (secondary N) is 1. The first-order valence-corrected chi connectivity index (χ1v) is 9.99. The number of carbonyl (C=O) groups excluding carboxylic acids is 1. The number of hydrogen-bond donors (Lipinski definition) is 1. The van der Waals surface area contributed by atoms with E-state index in [4.69, 9.17) is 0 Å². The van der Waals surface area contributed by atoms with Crippen LogP contribution < -0.4 is 10.2 Å². The minimum absolute atomic E-state index is 0.0281. The number of imidazole rings is 1. The van der Waals surface area contributed by atoms with Gasteiger partial charge < -0.3 is 10.2 Å². The number of anilines is 2. The van der Waals surface area contributed by atoms with Gasteiger partial charge in [-0.3, -0.25) is 9.20 Å². The molecule has 0 radical (unpaired) electrons. The molecule has 0 spiro atoms. The number of fused-ring (bicyclic) bond motifs is 1. The molecule has 30 heavy (non-hydrogen) atoms. The maximum atomic E-state index is 12.8. The van der Waals surface area contributed by atoms with E-state index in [0.717, 1.165) is 36.3 Å². The van der Waals surface area contributed by atoms with Crippen LogP contribution in [0.1, 0.15) is 12.8 Å². The van der Waals surface area contributed by atoms with Crippen molar-refractivity contribution in [2.24, 2.45) is 5.92 Å². The molecule has 3 aromatic heterocycles. The molecule has 1 aromatic carbocycles. The van der Waals surface area contributed by atoms with Crippen molar-refractivity contribution in [3.63, 3.8) is 0 Å². The van der Waals surface area contributed by atoms with Crippen LogP contribution in [0.3, 0.4) is 0 Å². The van der Waals surface area contributed by atoms with Crippen molar-refractivity contribution in [3.8, 4) is 11.3 Å². The van der Waals surface area contributed by atoms with Gasteiger partial charge in [-0.25, -0.2) is 19.9 Å². The van der Waals surface area contributed by atoms with Crippen LogP contribution >= 0.6 is 0 Å². The van der Waals surface area contributed by atoms with Crippen LogP contribution in [-0.2, 0) is 4.79 Å². The molecule has 1 N–H and O–H groups in total. The van der Waals surface area contributed by atoms with E-state index in [9.17, 15) is 4.79 Å². The number of rotatable bonds is 4. The Bertz CT molecular complexity index is 1120. The van der Waals surface area contributed by atoms with Crippen molar-refractivity contribution in [2.45, 2.75) is 12.8 Å². The summed E-state index contributed by atoms with van der Waals surface area (Å²) in [6.07, 6.45) is 10.8. The Hall–Kier alpha value is -3.81. The largest absolute Gasteiger partial charge is 0.340 e. The molecule has 4 aromatic rings. The maximum absolute atomic E-state index is 12.8. The molecule has 1 fully saturated rings. The van der Waals surface area contributed by atoms with Crippen molar-refractivity contribution >= 4 is 23.3 Å². The highest BCUT2D eigenvalue weighted by molar-refractivity contribution is 5.93. The average molecular weight is 399 g/mol. The predicted octanol–water partition coefficient (Wildman–Crippen LogP) is 3.04. The lowest BCUT2D eigenvalue weighted by Crippen LogP contribution is -2.41. The number of amides is 1. The first-order valence-electron chi connectivity index (χ1n) is 9.99. The fraction of sp³-hybridized carbons (Fsp3) is 0.227. The Morgan fingerprint density at radius 2 is 1.83 bits per heavy atom. The number of aromatic nitrogens is 5. The molecule has 5 rings (SSSR count). The fourth-order valence-electron chi connectivity index (χ4n) is 3.77. The summed E-state index contributed by atoms with van der Waals surface area (Å²) in [5.74, 6) is 1.28. The minimum atomic E-state index is -0.0910. The van der Waals surface area contributed by atoms with E-state index in [1.807, 2.05) is 47.1 Å². The van der Waals surface area contributed by atoms with Crippen molar-refractivity contribution in [3.05, 3.63) is 67.4 Å². The number of nitrogens with zero attached hydrogens (tertiary/aromatic N) is 6. The molecular weight excluding hydrogens is 378 g/mol. The van der Waals surface area contributed by atoms with Crippen molar-refractivity contribution in [1.29, 1.82) is 0 Å².